The van der Waals surface area contributed by atoms with E-state index >= 15 is 0 Å². The normalized spacial score (nSPS) is 10.5. The van der Waals surface area contributed by atoms with Crippen LogP contribution in [-0.4, -0.2) is 23.1 Å². The first kappa shape index (κ1) is 13.4. The maximum Gasteiger partial charge on any atom is 0.229 e. The van der Waals surface area contributed by atoms with Gasteiger partial charge in [-0.2, -0.15) is 0 Å². The van der Waals surface area contributed by atoms with Gasteiger partial charge in [-0.1, -0.05) is 6.07 Å². The fourth-order valence-electron chi connectivity index (χ4n) is 1.76. The summed E-state index contributed by atoms with van der Waals surface area (Å²) >= 11 is 0. The minimum Gasteiger partial charge on any atom is -0.330 e. The SMILES string of the molecule is Cc1cnc(N(CCCN)c2cccc(F)c2)nc1. The largest absolute Gasteiger partial charge is 0.330 e. The summed E-state index contributed by atoms with van der Waals surface area (Å²) in [4.78, 5) is 10.4. The molecule has 0 unspecified atom stereocenters. The van der Waals surface area contributed by atoms with E-state index in [1.54, 1.807) is 18.5 Å². The van der Waals surface area contributed by atoms with Crippen LogP contribution in [0.25, 0.3) is 0 Å². The average Bonchev–Trinajstić information content (AvgIpc) is 2.41. The van der Waals surface area contributed by atoms with E-state index in [2.05, 4.69) is 9.97 Å². The second-order valence-electron chi connectivity index (χ2n) is 4.33. The van der Waals surface area contributed by atoms with Crippen LogP contribution in [-0.2, 0) is 0 Å². The van der Waals surface area contributed by atoms with Gasteiger partial charge in [-0.25, -0.2) is 14.4 Å². The predicted octanol–water partition coefficient (Wildman–Crippen LogP) is 2.41. The third-order valence-corrected chi connectivity index (χ3v) is 2.71. The van der Waals surface area contributed by atoms with Gasteiger partial charge in [0.15, 0.2) is 0 Å². The second kappa shape index (κ2) is 6.24. The van der Waals surface area contributed by atoms with E-state index in [4.69, 9.17) is 5.73 Å². The van der Waals surface area contributed by atoms with Crippen LogP contribution in [0.2, 0.25) is 0 Å². The molecule has 0 spiro atoms. The van der Waals surface area contributed by atoms with Crippen molar-refractivity contribution in [2.24, 2.45) is 5.73 Å². The van der Waals surface area contributed by atoms with Crippen molar-refractivity contribution in [1.29, 1.82) is 0 Å². The molecule has 0 aliphatic rings. The topological polar surface area (TPSA) is 55.0 Å². The van der Waals surface area contributed by atoms with Gasteiger partial charge in [-0.05, 0) is 43.7 Å². The van der Waals surface area contributed by atoms with Crippen molar-refractivity contribution in [3.63, 3.8) is 0 Å². The molecule has 19 heavy (non-hydrogen) atoms. The third kappa shape index (κ3) is 3.48. The van der Waals surface area contributed by atoms with E-state index in [0.717, 1.165) is 17.7 Å². The lowest BCUT2D eigenvalue weighted by Crippen LogP contribution is -2.23. The van der Waals surface area contributed by atoms with Crippen LogP contribution in [0.15, 0.2) is 36.7 Å². The number of nitrogens with zero attached hydrogens (tertiary/aromatic N) is 3. The van der Waals surface area contributed by atoms with Crippen molar-refractivity contribution in [3.05, 3.63) is 48.0 Å². The molecular weight excluding hydrogens is 243 g/mol. The maximum absolute atomic E-state index is 13.3. The van der Waals surface area contributed by atoms with Crippen molar-refractivity contribution in [2.75, 3.05) is 18.0 Å². The van der Waals surface area contributed by atoms with E-state index in [-0.39, 0.29) is 5.82 Å². The average molecular weight is 260 g/mol. The summed E-state index contributed by atoms with van der Waals surface area (Å²) < 4.78 is 13.3. The Morgan fingerprint density at radius 2 is 2.00 bits per heavy atom. The van der Waals surface area contributed by atoms with E-state index in [1.807, 2.05) is 17.9 Å². The summed E-state index contributed by atoms with van der Waals surface area (Å²) in [5.41, 5.74) is 7.27. The van der Waals surface area contributed by atoms with Crippen LogP contribution in [0, 0.1) is 12.7 Å². The van der Waals surface area contributed by atoms with E-state index in [1.165, 1.54) is 12.1 Å². The summed E-state index contributed by atoms with van der Waals surface area (Å²) in [7, 11) is 0. The Balaban J connectivity index is 2.32. The molecule has 0 fully saturated rings. The molecule has 2 rings (SSSR count). The lowest BCUT2D eigenvalue weighted by molar-refractivity contribution is 0.627. The molecule has 2 aromatic rings. The molecule has 1 aromatic heterocycles. The highest BCUT2D eigenvalue weighted by atomic mass is 19.1. The van der Waals surface area contributed by atoms with E-state index in [0.29, 0.717) is 19.0 Å². The standard InChI is InChI=1S/C14H17FN4/c1-11-9-17-14(18-10-11)19(7-3-6-16)13-5-2-4-12(15)8-13/h2,4-5,8-10H,3,6-7,16H2,1H3. The Hall–Kier alpha value is -2.01. The van der Waals surface area contributed by atoms with Gasteiger partial charge in [-0.3, -0.25) is 0 Å². The smallest absolute Gasteiger partial charge is 0.229 e. The zero-order valence-corrected chi connectivity index (χ0v) is 10.9. The zero-order valence-electron chi connectivity index (χ0n) is 10.9. The number of aromatic nitrogens is 2. The van der Waals surface area contributed by atoms with Crippen LogP contribution in [0.4, 0.5) is 16.0 Å². The van der Waals surface area contributed by atoms with Gasteiger partial charge in [0.1, 0.15) is 5.82 Å². The lowest BCUT2D eigenvalue weighted by atomic mass is 10.2. The van der Waals surface area contributed by atoms with Crippen molar-refractivity contribution in [3.8, 4) is 0 Å². The van der Waals surface area contributed by atoms with Crippen LogP contribution < -0.4 is 10.6 Å². The van der Waals surface area contributed by atoms with Crippen molar-refractivity contribution >= 4 is 11.6 Å². The number of benzene rings is 1. The first-order valence-corrected chi connectivity index (χ1v) is 6.22. The van der Waals surface area contributed by atoms with Gasteiger partial charge >= 0.3 is 0 Å². The quantitative estimate of drug-likeness (QED) is 0.897. The monoisotopic (exact) mass is 260 g/mol. The minimum absolute atomic E-state index is 0.276. The number of halogens is 1. The van der Waals surface area contributed by atoms with Crippen molar-refractivity contribution < 1.29 is 4.39 Å². The van der Waals surface area contributed by atoms with Gasteiger partial charge < -0.3 is 10.6 Å². The molecule has 0 saturated heterocycles. The molecule has 0 aliphatic heterocycles. The van der Waals surface area contributed by atoms with Gasteiger partial charge in [0.2, 0.25) is 5.95 Å². The molecule has 5 heteroatoms. The summed E-state index contributed by atoms with van der Waals surface area (Å²) in [5, 5.41) is 0. The van der Waals surface area contributed by atoms with Crippen LogP contribution in [0.1, 0.15) is 12.0 Å². The predicted molar refractivity (Wildman–Crippen MR) is 73.8 cm³/mol. The fourth-order valence-corrected chi connectivity index (χ4v) is 1.76. The van der Waals surface area contributed by atoms with Gasteiger partial charge in [0.05, 0.1) is 0 Å². The molecule has 100 valence electrons. The molecule has 0 radical (unpaired) electrons. The highest BCUT2D eigenvalue weighted by molar-refractivity contribution is 5.56. The first-order valence-electron chi connectivity index (χ1n) is 6.22. The number of nitrogens with two attached hydrogens (primary N) is 1. The van der Waals surface area contributed by atoms with Gasteiger partial charge in [-0.15, -0.1) is 0 Å². The fraction of sp³-hybridized carbons (Fsp3) is 0.286. The van der Waals surface area contributed by atoms with Gasteiger partial charge in [0.25, 0.3) is 0 Å². The molecule has 0 saturated carbocycles. The molecule has 0 amide bonds. The van der Waals surface area contributed by atoms with Crippen LogP contribution >= 0.6 is 0 Å². The maximum atomic E-state index is 13.3. The Labute approximate surface area is 112 Å². The lowest BCUT2D eigenvalue weighted by Gasteiger charge is -2.22. The van der Waals surface area contributed by atoms with Crippen LogP contribution in [0.3, 0.4) is 0 Å². The first-order chi connectivity index (χ1) is 9.20. The van der Waals surface area contributed by atoms with E-state index in [9.17, 15) is 4.39 Å². The number of rotatable bonds is 5. The molecule has 4 nitrogen and oxygen atoms in total. The molecule has 0 atom stereocenters. The Morgan fingerprint density at radius 1 is 1.26 bits per heavy atom. The highest BCUT2D eigenvalue weighted by Gasteiger charge is 2.12. The molecule has 2 N–H and O–H groups in total. The number of anilines is 2. The summed E-state index contributed by atoms with van der Waals surface area (Å²) in [6.45, 7) is 3.15. The second-order valence-corrected chi connectivity index (χ2v) is 4.33. The minimum atomic E-state index is -0.276. The Bertz CT molecular complexity index is 527. The number of hydrogen-bond donors (Lipinski definition) is 1. The van der Waals surface area contributed by atoms with Crippen LogP contribution in [0.5, 0.6) is 0 Å². The molecule has 1 heterocycles. The summed E-state index contributed by atoms with van der Waals surface area (Å²) in [5.74, 6) is 0.284. The summed E-state index contributed by atoms with van der Waals surface area (Å²) in [6, 6.07) is 6.40. The molecule has 1 aromatic carbocycles. The van der Waals surface area contributed by atoms with E-state index < -0.39 is 0 Å². The summed E-state index contributed by atoms with van der Waals surface area (Å²) in [6.07, 6.45) is 4.28. The van der Waals surface area contributed by atoms with Crippen molar-refractivity contribution in [1.82, 2.24) is 9.97 Å². The zero-order chi connectivity index (χ0) is 13.7. The highest BCUT2D eigenvalue weighted by Crippen LogP contribution is 2.22. The molecular formula is C14H17FN4. The number of aryl methyl sites for hydroxylation is 1. The third-order valence-electron chi connectivity index (χ3n) is 2.71. The van der Waals surface area contributed by atoms with Crippen molar-refractivity contribution in [2.45, 2.75) is 13.3 Å². The Morgan fingerprint density at radius 3 is 2.63 bits per heavy atom. The number of hydrogen-bond acceptors (Lipinski definition) is 4. The molecule has 0 aliphatic carbocycles. The molecule has 0 bridgehead atoms. The Kier molecular flexibility index (Phi) is 4.41. The van der Waals surface area contributed by atoms with Gasteiger partial charge in [0, 0.05) is 24.6 Å².